The lowest BCUT2D eigenvalue weighted by Crippen LogP contribution is -2.45. The van der Waals surface area contributed by atoms with E-state index >= 15 is 0 Å². The first kappa shape index (κ1) is 16.7. The highest BCUT2D eigenvalue weighted by Crippen LogP contribution is 2.20. The number of hydrogen-bond acceptors (Lipinski definition) is 3. The van der Waals surface area contributed by atoms with E-state index in [0.29, 0.717) is 11.7 Å². The number of carbonyl (C=O) groups excluding carboxylic acids is 1. The van der Waals surface area contributed by atoms with E-state index in [1.165, 1.54) is 5.56 Å². The number of likely N-dealkylation sites (tertiary alicyclic amines) is 1. The zero-order chi connectivity index (χ0) is 15.9. The van der Waals surface area contributed by atoms with Gasteiger partial charge in [0, 0.05) is 20.6 Å². The molecule has 0 aromatic heterocycles. The van der Waals surface area contributed by atoms with Gasteiger partial charge in [-0.3, -0.25) is 0 Å². The molecule has 1 aliphatic heterocycles. The topological polar surface area (TPSA) is 32.8 Å². The van der Waals surface area contributed by atoms with Crippen molar-refractivity contribution in [2.45, 2.75) is 31.7 Å². The molecule has 1 atom stereocenters. The van der Waals surface area contributed by atoms with Crippen LogP contribution in [0, 0.1) is 0 Å². The molecular weight excluding hydrogens is 296 g/mol. The number of benzene rings is 1. The first-order chi connectivity index (χ1) is 10.6. The summed E-state index contributed by atoms with van der Waals surface area (Å²) < 4.78 is 5.73. The van der Waals surface area contributed by atoms with Crippen molar-refractivity contribution in [1.82, 2.24) is 9.80 Å². The molecule has 0 aliphatic carbocycles. The molecule has 1 aromatic carbocycles. The Morgan fingerprint density at radius 3 is 2.77 bits per heavy atom. The summed E-state index contributed by atoms with van der Waals surface area (Å²) in [5.74, 6) is 0. The highest BCUT2D eigenvalue weighted by Gasteiger charge is 2.33. The van der Waals surface area contributed by atoms with E-state index in [0.717, 1.165) is 32.2 Å². The molecular formula is C17H24N2O2S. The third-order valence-corrected chi connectivity index (χ3v) is 4.24. The molecule has 120 valence electrons. The summed E-state index contributed by atoms with van der Waals surface area (Å²) in [4.78, 5) is 15.5. The molecule has 1 heterocycles. The van der Waals surface area contributed by atoms with Gasteiger partial charge in [0.05, 0.1) is 6.61 Å². The monoisotopic (exact) mass is 320 g/mol. The molecule has 1 aliphatic rings. The van der Waals surface area contributed by atoms with Gasteiger partial charge in [0.1, 0.15) is 6.04 Å². The van der Waals surface area contributed by atoms with Crippen molar-refractivity contribution in [2.75, 3.05) is 27.2 Å². The standard InChI is InChI=1S/C17H24N2O2S/c1-18(2)17(20)19-12-6-11-15(19)16(22)21-13-7-10-14-8-4-3-5-9-14/h3-5,8-9,15H,6-7,10-13H2,1-2H3/t15-/m0/s1. The summed E-state index contributed by atoms with van der Waals surface area (Å²) in [5, 5.41) is 0.556. The maximum atomic E-state index is 12.1. The van der Waals surface area contributed by atoms with Gasteiger partial charge < -0.3 is 14.5 Å². The minimum atomic E-state index is -0.0541. The van der Waals surface area contributed by atoms with Gasteiger partial charge in [0.15, 0.2) is 5.05 Å². The molecule has 1 aromatic rings. The van der Waals surface area contributed by atoms with E-state index < -0.39 is 0 Å². The predicted octanol–water partition coefficient (Wildman–Crippen LogP) is 3.11. The van der Waals surface area contributed by atoms with E-state index in [2.05, 4.69) is 12.1 Å². The van der Waals surface area contributed by atoms with Gasteiger partial charge in [-0.1, -0.05) is 30.3 Å². The minimum Gasteiger partial charge on any atom is -0.485 e. The second kappa shape index (κ2) is 8.13. The molecule has 0 unspecified atom stereocenters. The molecule has 22 heavy (non-hydrogen) atoms. The maximum absolute atomic E-state index is 12.1. The summed E-state index contributed by atoms with van der Waals surface area (Å²) in [5.41, 5.74) is 1.31. The lowest BCUT2D eigenvalue weighted by Gasteiger charge is -2.27. The van der Waals surface area contributed by atoms with E-state index in [1.54, 1.807) is 19.0 Å². The number of nitrogens with zero attached hydrogens (tertiary/aromatic N) is 2. The molecule has 2 amide bonds. The summed E-state index contributed by atoms with van der Waals surface area (Å²) in [6.45, 7) is 1.36. The molecule has 0 spiro atoms. The number of urea groups is 1. The largest absolute Gasteiger partial charge is 0.485 e. The third-order valence-electron chi connectivity index (χ3n) is 3.85. The number of thiocarbonyl (C=S) groups is 1. The van der Waals surface area contributed by atoms with Crippen molar-refractivity contribution in [2.24, 2.45) is 0 Å². The number of hydrogen-bond donors (Lipinski definition) is 0. The van der Waals surface area contributed by atoms with Crippen LogP contribution in [0.25, 0.3) is 0 Å². The molecule has 4 nitrogen and oxygen atoms in total. The molecule has 0 radical (unpaired) electrons. The Hall–Kier alpha value is -1.62. The zero-order valence-corrected chi connectivity index (χ0v) is 14.1. The smallest absolute Gasteiger partial charge is 0.320 e. The van der Waals surface area contributed by atoms with Gasteiger partial charge in [-0.05, 0) is 43.5 Å². The van der Waals surface area contributed by atoms with Gasteiger partial charge >= 0.3 is 6.03 Å². The summed E-state index contributed by atoms with van der Waals surface area (Å²) >= 11 is 5.39. The summed E-state index contributed by atoms with van der Waals surface area (Å²) in [6, 6.07) is 10.3. The Balaban J connectivity index is 1.76. The van der Waals surface area contributed by atoms with Gasteiger partial charge in [-0.15, -0.1) is 0 Å². The van der Waals surface area contributed by atoms with Crippen LogP contribution in [0.3, 0.4) is 0 Å². The fraction of sp³-hybridized carbons (Fsp3) is 0.529. The van der Waals surface area contributed by atoms with Crippen molar-refractivity contribution in [3.05, 3.63) is 35.9 Å². The third kappa shape index (κ3) is 4.44. The number of ether oxygens (including phenoxy) is 1. The molecule has 2 rings (SSSR count). The first-order valence-corrected chi connectivity index (χ1v) is 8.19. The first-order valence-electron chi connectivity index (χ1n) is 7.78. The van der Waals surface area contributed by atoms with Crippen LogP contribution in [0.4, 0.5) is 4.79 Å². The fourth-order valence-corrected chi connectivity index (χ4v) is 3.02. The Labute approximate surface area is 138 Å². The van der Waals surface area contributed by atoms with Crippen molar-refractivity contribution in [3.8, 4) is 0 Å². The van der Waals surface area contributed by atoms with Crippen LogP contribution >= 0.6 is 12.2 Å². The quantitative estimate of drug-likeness (QED) is 0.617. The number of amides is 2. The van der Waals surface area contributed by atoms with E-state index in [4.69, 9.17) is 17.0 Å². The molecule has 0 N–H and O–H groups in total. The Kier molecular flexibility index (Phi) is 6.19. The van der Waals surface area contributed by atoms with Crippen LogP contribution in [0.15, 0.2) is 30.3 Å². The SMILES string of the molecule is CN(C)C(=O)N1CCC[C@H]1C(=S)OCCCc1ccccc1. The van der Waals surface area contributed by atoms with E-state index in [-0.39, 0.29) is 12.1 Å². The van der Waals surface area contributed by atoms with Crippen molar-refractivity contribution in [3.63, 3.8) is 0 Å². The fourth-order valence-electron chi connectivity index (χ4n) is 2.69. The van der Waals surface area contributed by atoms with Gasteiger partial charge in [0.25, 0.3) is 0 Å². The highest BCUT2D eigenvalue weighted by molar-refractivity contribution is 7.80. The number of carbonyl (C=O) groups is 1. The predicted molar refractivity (Wildman–Crippen MR) is 92.1 cm³/mol. The second-order valence-electron chi connectivity index (χ2n) is 5.79. The van der Waals surface area contributed by atoms with Gasteiger partial charge in [0.2, 0.25) is 0 Å². The van der Waals surface area contributed by atoms with Crippen LogP contribution in [0.1, 0.15) is 24.8 Å². The van der Waals surface area contributed by atoms with Crippen molar-refractivity contribution >= 4 is 23.3 Å². The Bertz CT molecular complexity index is 505. The zero-order valence-electron chi connectivity index (χ0n) is 13.3. The lowest BCUT2D eigenvalue weighted by molar-refractivity contribution is 0.169. The maximum Gasteiger partial charge on any atom is 0.320 e. The van der Waals surface area contributed by atoms with Gasteiger partial charge in [-0.25, -0.2) is 4.79 Å². The van der Waals surface area contributed by atoms with Crippen molar-refractivity contribution in [1.29, 1.82) is 0 Å². The van der Waals surface area contributed by atoms with E-state index in [1.807, 2.05) is 23.1 Å². The molecule has 1 fully saturated rings. The average Bonchev–Trinajstić information content (AvgIpc) is 3.01. The van der Waals surface area contributed by atoms with Crippen molar-refractivity contribution < 1.29 is 9.53 Å². The summed E-state index contributed by atoms with van der Waals surface area (Å²) in [6.07, 6.45) is 3.79. The van der Waals surface area contributed by atoms with Gasteiger partial charge in [-0.2, -0.15) is 0 Å². The highest BCUT2D eigenvalue weighted by atomic mass is 32.1. The summed E-state index contributed by atoms with van der Waals surface area (Å²) in [7, 11) is 3.53. The minimum absolute atomic E-state index is 0.0118. The van der Waals surface area contributed by atoms with Crippen LogP contribution in [0.2, 0.25) is 0 Å². The van der Waals surface area contributed by atoms with Crippen LogP contribution in [0.5, 0.6) is 0 Å². The Morgan fingerprint density at radius 2 is 2.09 bits per heavy atom. The normalized spacial score (nSPS) is 17.4. The number of rotatable bonds is 5. The van der Waals surface area contributed by atoms with Crippen LogP contribution in [-0.4, -0.2) is 54.2 Å². The average molecular weight is 320 g/mol. The molecule has 1 saturated heterocycles. The molecule has 0 bridgehead atoms. The van der Waals surface area contributed by atoms with E-state index in [9.17, 15) is 4.79 Å². The number of aryl methyl sites for hydroxylation is 1. The Morgan fingerprint density at radius 1 is 1.36 bits per heavy atom. The second-order valence-corrected chi connectivity index (χ2v) is 6.19. The molecule has 0 saturated carbocycles. The lowest BCUT2D eigenvalue weighted by atomic mass is 10.1. The van der Waals surface area contributed by atoms with Crippen LogP contribution in [-0.2, 0) is 11.2 Å². The molecule has 5 heteroatoms. The van der Waals surface area contributed by atoms with Crippen LogP contribution < -0.4 is 0 Å².